The molecule has 0 radical (unpaired) electrons. The number of hydrogen-bond donors (Lipinski definition) is 2. The lowest BCUT2D eigenvalue weighted by Crippen LogP contribution is -2.43. The summed E-state index contributed by atoms with van der Waals surface area (Å²) in [5.41, 5.74) is 7.30. The Morgan fingerprint density at radius 3 is 2.69 bits per heavy atom. The van der Waals surface area contributed by atoms with Crippen molar-refractivity contribution in [2.24, 2.45) is 5.73 Å². The van der Waals surface area contributed by atoms with E-state index in [0.29, 0.717) is 35.3 Å². The van der Waals surface area contributed by atoms with Crippen molar-refractivity contribution in [2.75, 3.05) is 12.0 Å². The number of rotatable bonds is 4. The summed E-state index contributed by atoms with van der Waals surface area (Å²) in [7, 11) is 1.28. The number of ether oxygens (including phenoxy) is 2. The molecular weight excluding hydrogens is 337 g/mol. The Balaban J connectivity index is 2.20. The molecule has 1 aliphatic carbocycles. The molecule has 1 heterocycles. The third-order valence-electron chi connectivity index (χ3n) is 5.15. The van der Waals surface area contributed by atoms with Gasteiger partial charge in [0.05, 0.1) is 18.9 Å². The number of benzene rings is 1. The molecule has 0 bridgehead atoms. The van der Waals surface area contributed by atoms with Gasteiger partial charge >= 0.3 is 6.09 Å². The molecule has 140 valence electrons. The largest absolute Gasteiger partial charge is 0.489 e. The molecular formula is C19H24FN3O3. The fraction of sp³-hybridized carbons (Fsp3) is 0.474. The van der Waals surface area contributed by atoms with Crippen molar-refractivity contribution < 1.29 is 18.7 Å². The van der Waals surface area contributed by atoms with Gasteiger partial charge in [-0.25, -0.2) is 9.18 Å². The maximum absolute atomic E-state index is 15.1. The van der Waals surface area contributed by atoms with Gasteiger partial charge in [0.1, 0.15) is 11.6 Å². The van der Waals surface area contributed by atoms with Crippen LogP contribution in [-0.2, 0) is 11.2 Å². The number of hydrogen-bond acceptors (Lipinski definition) is 5. The second-order valence-electron chi connectivity index (χ2n) is 6.73. The highest BCUT2D eigenvalue weighted by atomic mass is 19.1. The molecule has 3 N–H and O–H groups in total. The highest BCUT2D eigenvalue weighted by Crippen LogP contribution is 2.44. The van der Waals surface area contributed by atoms with E-state index in [2.05, 4.69) is 0 Å². The van der Waals surface area contributed by atoms with E-state index in [1.165, 1.54) is 24.3 Å². The number of amides is 1. The van der Waals surface area contributed by atoms with Crippen LogP contribution in [0.15, 0.2) is 12.3 Å². The van der Waals surface area contributed by atoms with Gasteiger partial charge in [-0.15, -0.1) is 0 Å². The quantitative estimate of drug-likeness (QED) is 0.802. The molecule has 0 aromatic heterocycles. The van der Waals surface area contributed by atoms with Gasteiger partial charge in [-0.2, -0.15) is 0 Å². The predicted octanol–water partition coefficient (Wildman–Crippen LogP) is 3.61. The Kier molecular flexibility index (Phi) is 5.15. The topological polar surface area (TPSA) is 88.6 Å². The van der Waals surface area contributed by atoms with Gasteiger partial charge in [0.2, 0.25) is 0 Å². The number of nitrogens with zero attached hydrogens (tertiary/aromatic N) is 1. The van der Waals surface area contributed by atoms with Crippen LogP contribution < -0.4 is 15.4 Å². The fourth-order valence-corrected chi connectivity index (χ4v) is 3.46. The first-order valence-corrected chi connectivity index (χ1v) is 8.83. The molecule has 1 aliphatic heterocycles. The zero-order chi connectivity index (χ0) is 18.8. The number of nitrogens with two attached hydrogens (primary N) is 1. The van der Waals surface area contributed by atoms with Crippen molar-refractivity contribution in [2.45, 2.75) is 51.2 Å². The predicted molar refractivity (Wildman–Crippen MR) is 98.3 cm³/mol. The molecule has 2 aliphatic rings. The van der Waals surface area contributed by atoms with Crippen molar-refractivity contribution in [3.63, 3.8) is 0 Å². The van der Waals surface area contributed by atoms with Gasteiger partial charge in [-0.1, -0.05) is 0 Å². The van der Waals surface area contributed by atoms with Crippen molar-refractivity contribution in [3.05, 3.63) is 29.2 Å². The third kappa shape index (κ3) is 3.02. The molecule has 1 amide bonds. The van der Waals surface area contributed by atoms with E-state index in [9.17, 15) is 4.79 Å². The summed E-state index contributed by atoms with van der Waals surface area (Å²) in [5.74, 6) is -0.0267. The Labute approximate surface area is 152 Å². The average molecular weight is 361 g/mol. The zero-order valence-corrected chi connectivity index (χ0v) is 15.0. The van der Waals surface area contributed by atoms with E-state index in [-0.39, 0.29) is 17.8 Å². The zero-order valence-electron chi connectivity index (χ0n) is 15.0. The van der Waals surface area contributed by atoms with E-state index in [1.54, 1.807) is 0 Å². The Bertz CT molecular complexity index is 759. The van der Waals surface area contributed by atoms with Crippen molar-refractivity contribution >= 4 is 23.6 Å². The first kappa shape index (κ1) is 18.2. The lowest BCUT2D eigenvalue weighted by Gasteiger charge is -2.37. The summed E-state index contributed by atoms with van der Waals surface area (Å²) in [5, 5.41) is 7.58. The summed E-state index contributed by atoms with van der Waals surface area (Å²) in [6.07, 6.45) is 6.04. The van der Waals surface area contributed by atoms with Crippen LogP contribution in [0.4, 0.5) is 14.9 Å². The molecule has 3 rings (SSSR count). The van der Waals surface area contributed by atoms with Crippen LogP contribution in [0.5, 0.6) is 5.75 Å². The van der Waals surface area contributed by atoms with Gasteiger partial charge in [0, 0.05) is 35.2 Å². The second-order valence-corrected chi connectivity index (χ2v) is 6.73. The molecule has 1 saturated carbocycles. The molecule has 1 fully saturated rings. The van der Waals surface area contributed by atoms with Crippen molar-refractivity contribution in [3.8, 4) is 5.75 Å². The molecule has 0 spiro atoms. The molecule has 1 aromatic carbocycles. The van der Waals surface area contributed by atoms with Gasteiger partial charge < -0.3 is 20.6 Å². The highest BCUT2D eigenvalue weighted by Gasteiger charge is 2.36. The lowest BCUT2D eigenvalue weighted by molar-refractivity contribution is 0.118. The number of allylic oxidation sites excluding steroid dienone is 1. The highest BCUT2D eigenvalue weighted by molar-refractivity contribution is 6.10. The molecule has 1 atom stereocenters. The summed E-state index contributed by atoms with van der Waals surface area (Å²) < 4.78 is 26.1. The smallest absolute Gasteiger partial charge is 0.414 e. The molecule has 26 heavy (non-hydrogen) atoms. The molecule has 0 saturated heterocycles. The average Bonchev–Trinajstić information content (AvgIpc) is 2.60. The normalized spacial score (nSPS) is 20.2. The van der Waals surface area contributed by atoms with E-state index in [0.717, 1.165) is 25.5 Å². The van der Waals surface area contributed by atoms with Crippen LogP contribution in [-0.4, -0.2) is 31.6 Å². The standard InChI is InChI=1S/C19H24FN3O3/c1-11-6-7-14-17(23(11)19(24)25-2)16(20)8-15(12(9-21)10-22)18(14)26-13-4-3-5-13/h8-11,13,21H,3-7,22H2,1-2H3/b12-10+,21-9?. The summed E-state index contributed by atoms with van der Waals surface area (Å²) in [4.78, 5) is 13.6. The van der Waals surface area contributed by atoms with E-state index >= 15 is 4.39 Å². The molecule has 6 nitrogen and oxygen atoms in total. The summed E-state index contributed by atoms with van der Waals surface area (Å²) in [6, 6.07) is 1.11. The minimum Gasteiger partial charge on any atom is -0.489 e. The molecule has 7 heteroatoms. The Morgan fingerprint density at radius 2 is 2.15 bits per heavy atom. The first-order chi connectivity index (χ1) is 12.5. The summed E-state index contributed by atoms with van der Waals surface area (Å²) in [6.45, 7) is 1.86. The number of anilines is 1. The number of nitrogens with one attached hydrogen (secondary N) is 1. The van der Waals surface area contributed by atoms with Gasteiger partial charge in [-0.05, 0) is 45.1 Å². The minimum absolute atomic E-state index is 0.0685. The van der Waals surface area contributed by atoms with Gasteiger partial charge in [-0.3, -0.25) is 4.90 Å². The SMILES string of the molecule is COC(=O)N1c2c(F)cc(/C(C=N)=C/N)c(OC3CCC3)c2CCC1C. The number of carbonyl (C=O) groups is 1. The summed E-state index contributed by atoms with van der Waals surface area (Å²) >= 11 is 0. The third-order valence-corrected chi connectivity index (χ3v) is 5.15. The van der Waals surface area contributed by atoms with E-state index < -0.39 is 11.9 Å². The van der Waals surface area contributed by atoms with Gasteiger partial charge in [0.15, 0.2) is 0 Å². The fourth-order valence-electron chi connectivity index (χ4n) is 3.46. The molecule has 1 unspecified atom stereocenters. The van der Waals surface area contributed by atoms with E-state index in [4.69, 9.17) is 20.6 Å². The first-order valence-electron chi connectivity index (χ1n) is 8.83. The van der Waals surface area contributed by atoms with Crippen LogP contribution in [0, 0.1) is 11.2 Å². The lowest BCUT2D eigenvalue weighted by atomic mass is 9.90. The van der Waals surface area contributed by atoms with Crippen LogP contribution in [0.2, 0.25) is 0 Å². The molecule has 1 aromatic rings. The van der Waals surface area contributed by atoms with Crippen molar-refractivity contribution in [1.82, 2.24) is 0 Å². The Hall–Kier alpha value is -2.57. The minimum atomic E-state index is -0.596. The number of methoxy groups -OCH3 is 1. The van der Waals surface area contributed by atoms with Crippen LogP contribution in [0.1, 0.15) is 43.7 Å². The van der Waals surface area contributed by atoms with Gasteiger partial charge in [0.25, 0.3) is 0 Å². The number of fused-ring (bicyclic) bond motifs is 1. The number of carbonyl (C=O) groups excluding carboxylic acids is 1. The monoisotopic (exact) mass is 361 g/mol. The van der Waals surface area contributed by atoms with Crippen LogP contribution >= 0.6 is 0 Å². The maximum Gasteiger partial charge on any atom is 0.414 e. The van der Waals surface area contributed by atoms with Crippen molar-refractivity contribution in [1.29, 1.82) is 5.41 Å². The van der Waals surface area contributed by atoms with E-state index in [1.807, 2.05) is 6.92 Å². The number of halogens is 1. The second kappa shape index (κ2) is 7.35. The van der Waals surface area contributed by atoms with Crippen LogP contribution in [0.3, 0.4) is 0 Å². The van der Waals surface area contributed by atoms with Crippen LogP contribution in [0.25, 0.3) is 5.57 Å². The Morgan fingerprint density at radius 1 is 1.42 bits per heavy atom. The maximum atomic E-state index is 15.1.